The molecule has 7 nitrogen and oxygen atoms in total. The Morgan fingerprint density at radius 2 is 1.81 bits per heavy atom. The molecule has 2 fully saturated rings. The summed E-state index contributed by atoms with van der Waals surface area (Å²) in [5, 5.41) is 3.47. The topological polar surface area (TPSA) is 83.2 Å². The van der Waals surface area contributed by atoms with Gasteiger partial charge in [-0.3, -0.25) is 14.7 Å². The molecule has 0 aliphatic carbocycles. The third-order valence-corrected chi connectivity index (χ3v) is 5.90. The number of benzene rings is 1. The summed E-state index contributed by atoms with van der Waals surface area (Å²) < 4.78 is 5.83. The SMILES string of the molecule is CN=C(NCc1ccc(CN2CC(C)OC(C)C2)cc1)N1CCCC(CC(N)=O)C1.I. The Morgan fingerprint density at radius 3 is 2.42 bits per heavy atom. The number of likely N-dealkylation sites (tertiary alicyclic amines) is 1. The van der Waals surface area contributed by atoms with Crippen LogP contribution in [0.5, 0.6) is 0 Å². The highest BCUT2D eigenvalue weighted by Crippen LogP contribution is 2.19. The number of hydrogen-bond donors (Lipinski definition) is 2. The normalized spacial score (nSPS) is 25.1. The van der Waals surface area contributed by atoms with E-state index in [1.165, 1.54) is 11.1 Å². The van der Waals surface area contributed by atoms with E-state index in [2.05, 4.69) is 58.2 Å². The molecule has 0 radical (unpaired) electrons. The maximum Gasteiger partial charge on any atom is 0.217 e. The van der Waals surface area contributed by atoms with E-state index in [9.17, 15) is 4.79 Å². The summed E-state index contributed by atoms with van der Waals surface area (Å²) in [6.07, 6.45) is 3.16. The van der Waals surface area contributed by atoms with Crippen LogP contribution in [0.25, 0.3) is 0 Å². The van der Waals surface area contributed by atoms with E-state index < -0.39 is 0 Å². The van der Waals surface area contributed by atoms with Gasteiger partial charge in [0.05, 0.1) is 12.2 Å². The third-order valence-electron chi connectivity index (χ3n) is 5.90. The minimum atomic E-state index is -0.217. The average molecular weight is 543 g/mol. The second-order valence-corrected chi connectivity index (χ2v) is 8.79. The standard InChI is InChI=1S/C23H37N5O2.HI/c1-17-13-27(14-18(2)30-17)15-20-8-6-19(7-9-20)12-26-23(25-3)28-10-4-5-21(16-28)11-22(24)29;/h6-9,17-18,21H,4-5,10-16H2,1-3H3,(H2,24,29)(H,25,26);1H. The van der Waals surface area contributed by atoms with Crippen LogP contribution in [0, 0.1) is 5.92 Å². The molecular weight excluding hydrogens is 505 g/mol. The van der Waals surface area contributed by atoms with Gasteiger partial charge in [0.15, 0.2) is 5.96 Å². The van der Waals surface area contributed by atoms with Gasteiger partial charge in [-0.2, -0.15) is 0 Å². The Labute approximate surface area is 203 Å². The molecule has 3 atom stereocenters. The number of carbonyl (C=O) groups is 1. The van der Waals surface area contributed by atoms with Crippen molar-refractivity contribution in [3.05, 3.63) is 35.4 Å². The Bertz CT molecular complexity index is 717. The van der Waals surface area contributed by atoms with Crippen LogP contribution in [-0.2, 0) is 22.6 Å². The van der Waals surface area contributed by atoms with Crippen LogP contribution in [0.1, 0.15) is 44.2 Å². The Kier molecular flexibility index (Phi) is 10.5. The highest BCUT2D eigenvalue weighted by Gasteiger charge is 2.24. The van der Waals surface area contributed by atoms with Crippen LogP contribution in [-0.4, -0.2) is 67.1 Å². The molecule has 3 N–H and O–H groups in total. The molecule has 2 heterocycles. The third kappa shape index (κ3) is 8.23. The van der Waals surface area contributed by atoms with Gasteiger partial charge in [-0.1, -0.05) is 24.3 Å². The van der Waals surface area contributed by atoms with E-state index in [0.717, 1.165) is 58.1 Å². The highest BCUT2D eigenvalue weighted by molar-refractivity contribution is 14.0. The number of hydrogen-bond acceptors (Lipinski definition) is 4. The molecule has 0 bridgehead atoms. The second kappa shape index (κ2) is 12.6. The van der Waals surface area contributed by atoms with E-state index in [4.69, 9.17) is 10.5 Å². The van der Waals surface area contributed by atoms with Crippen molar-refractivity contribution in [3.63, 3.8) is 0 Å². The fraction of sp³-hybridized carbons (Fsp3) is 0.652. The van der Waals surface area contributed by atoms with Gasteiger partial charge in [-0.15, -0.1) is 24.0 Å². The van der Waals surface area contributed by atoms with Crippen LogP contribution >= 0.6 is 24.0 Å². The van der Waals surface area contributed by atoms with Crippen molar-refractivity contribution in [2.45, 2.75) is 58.4 Å². The lowest BCUT2D eigenvalue weighted by Crippen LogP contribution is -2.46. The molecule has 1 aromatic carbocycles. The molecule has 174 valence electrons. The number of primary amides is 1. The summed E-state index contributed by atoms with van der Waals surface area (Å²) in [6, 6.07) is 8.81. The van der Waals surface area contributed by atoms with Gasteiger partial charge < -0.3 is 20.7 Å². The summed E-state index contributed by atoms with van der Waals surface area (Å²) in [7, 11) is 1.81. The molecule has 0 spiro atoms. The highest BCUT2D eigenvalue weighted by atomic mass is 127. The maximum atomic E-state index is 11.3. The van der Waals surface area contributed by atoms with Crippen LogP contribution in [0.3, 0.4) is 0 Å². The van der Waals surface area contributed by atoms with Crippen LogP contribution in [0.2, 0.25) is 0 Å². The van der Waals surface area contributed by atoms with Crippen molar-refractivity contribution < 1.29 is 9.53 Å². The Morgan fingerprint density at radius 1 is 1.16 bits per heavy atom. The monoisotopic (exact) mass is 543 g/mol. The second-order valence-electron chi connectivity index (χ2n) is 8.79. The molecular formula is C23H38IN5O2. The lowest BCUT2D eigenvalue weighted by Gasteiger charge is -2.35. The predicted molar refractivity (Wildman–Crippen MR) is 135 cm³/mol. The number of morpholine rings is 1. The molecule has 3 rings (SSSR count). The van der Waals surface area contributed by atoms with Crippen molar-refractivity contribution in [2.24, 2.45) is 16.6 Å². The van der Waals surface area contributed by atoms with E-state index in [0.29, 0.717) is 24.5 Å². The Balaban J connectivity index is 0.00000341. The van der Waals surface area contributed by atoms with Crippen LogP contribution in [0.4, 0.5) is 0 Å². The van der Waals surface area contributed by atoms with Crippen molar-refractivity contribution >= 4 is 35.8 Å². The molecule has 31 heavy (non-hydrogen) atoms. The van der Waals surface area contributed by atoms with Gasteiger partial charge in [-0.25, -0.2) is 0 Å². The van der Waals surface area contributed by atoms with Crippen LogP contribution < -0.4 is 11.1 Å². The molecule has 1 aromatic rings. The molecule has 0 aromatic heterocycles. The first-order chi connectivity index (χ1) is 14.4. The van der Waals surface area contributed by atoms with Gasteiger partial charge in [0.2, 0.25) is 5.91 Å². The minimum Gasteiger partial charge on any atom is -0.373 e. The predicted octanol–water partition coefficient (Wildman–Crippen LogP) is 2.58. The van der Waals surface area contributed by atoms with E-state index >= 15 is 0 Å². The zero-order valence-electron chi connectivity index (χ0n) is 19.0. The largest absolute Gasteiger partial charge is 0.373 e. The zero-order chi connectivity index (χ0) is 21.5. The number of nitrogens with zero attached hydrogens (tertiary/aromatic N) is 3. The van der Waals surface area contributed by atoms with Crippen LogP contribution in [0.15, 0.2) is 29.3 Å². The molecule has 1 amide bonds. The number of rotatable bonds is 6. The van der Waals surface area contributed by atoms with Gasteiger partial charge >= 0.3 is 0 Å². The number of nitrogens with two attached hydrogens (primary N) is 1. The number of carbonyl (C=O) groups excluding carboxylic acids is 1. The molecule has 2 aliphatic heterocycles. The quantitative estimate of drug-likeness (QED) is 0.328. The van der Waals surface area contributed by atoms with Crippen molar-refractivity contribution in [3.8, 4) is 0 Å². The first-order valence-electron chi connectivity index (χ1n) is 11.1. The number of amides is 1. The summed E-state index contributed by atoms with van der Waals surface area (Å²) in [5.74, 6) is 0.995. The lowest BCUT2D eigenvalue weighted by atomic mass is 9.95. The number of nitrogens with one attached hydrogen (secondary N) is 1. The first kappa shape index (κ1) is 25.9. The van der Waals surface area contributed by atoms with E-state index in [1.807, 2.05) is 7.05 Å². The number of guanidine groups is 1. The van der Waals surface area contributed by atoms with Gasteiger partial charge in [0.25, 0.3) is 0 Å². The number of ether oxygens (including phenoxy) is 1. The minimum absolute atomic E-state index is 0. The van der Waals surface area contributed by atoms with Crippen molar-refractivity contribution in [1.82, 2.24) is 15.1 Å². The number of piperidine rings is 1. The summed E-state index contributed by atoms with van der Waals surface area (Å²) >= 11 is 0. The fourth-order valence-electron chi connectivity index (χ4n) is 4.66. The molecule has 3 unspecified atom stereocenters. The number of halogens is 1. The summed E-state index contributed by atoms with van der Waals surface area (Å²) in [5.41, 5.74) is 7.94. The molecule has 8 heteroatoms. The van der Waals surface area contributed by atoms with Crippen molar-refractivity contribution in [1.29, 1.82) is 0 Å². The fourth-order valence-corrected chi connectivity index (χ4v) is 4.66. The number of aliphatic imine (C=N–C) groups is 1. The van der Waals surface area contributed by atoms with Gasteiger partial charge in [0, 0.05) is 52.7 Å². The molecule has 0 saturated carbocycles. The van der Waals surface area contributed by atoms with E-state index in [1.54, 1.807) is 0 Å². The summed E-state index contributed by atoms with van der Waals surface area (Å²) in [4.78, 5) is 20.4. The van der Waals surface area contributed by atoms with Gasteiger partial charge in [-0.05, 0) is 43.7 Å². The lowest BCUT2D eigenvalue weighted by molar-refractivity contribution is -0.119. The van der Waals surface area contributed by atoms with E-state index in [-0.39, 0.29) is 29.9 Å². The molecule has 2 saturated heterocycles. The maximum absolute atomic E-state index is 11.3. The van der Waals surface area contributed by atoms with Gasteiger partial charge in [0.1, 0.15) is 0 Å². The first-order valence-corrected chi connectivity index (χ1v) is 11.1. The zero-order valence-corrected chi connectivity index (χ0v) is 21.4. The van der Waals surface area contributed by atoms with Crippen molar-refractivity contribution in [2.75, 3.05) is 33.2 Å². The smallest absolute Gasteiger partial charge is 0.217 e. The Hall–Kier alpha value is -1.39. The summed E-state index contributed by atoms with van der Waals surface area (Å²) in [6.45, 7) is 9.73. The molecule has 2 aliphatic rings. The average Bonchev–Trinajstić information content (AvgIpc) is 2.69.